The highest BCUT2D eigenvalue weighted by atomic mass is 19.1. The lowest BCUT2D eigenvalue weighted by molar-refractivity contribution is -0.0120. The highest BCUT2D eigenvalue weighted by Crippen LogP contribution is 2.33. The summed E-state index contributed by atoms with van der Waals surface area (Å²) in [5.74, 6) is -0.555. The minimum absolute atomic E-state index is 0.0119. The van der Waals surface area contributed by atoms with Gasteiger partial charge in [0.2, 0.25) is 12.2 Å². The van der Waals surface area contributed by atoms with Crippen LogP contribution in [0.15, 0.2) is 23.2 Å². The first-order chi connectivity index (χ1) is 9.52. The summed E-state index contributed by atoms with van der Waals surface area (Å²) in [6.07, 6.45) is -2.86. The van der Waals surface area contributed by atoms with E-state index in [1.54, 1.807) is 0 Å². The summed E-state index contributed by atoms with van der Waals surface area (Å²) < 4.78 is 18.8. The Labute approximate surface area is 110 Å². The van der Waals surface area contributed by atoms with Crippen LogP contribution in [-0.4, -0.2) is 41.9 Å². The van der Waals surface area contributed by atoms with Gasteiger partial charge in [-0.1, -0.05) is 0 Å². The molecule has 3 atom stereocenters. The smallest absolute Gasteiger partial charge is 0.280 e. The van der Waals surface area contributed by atoms with Crippen LogP contribution >= 0.6 is 0 Å². The number of halogens is 1. The summed E-state index contributed by atoms with van der Waals surface area (Å²) in [6.45, 7) is 0. The zero-order valence-corrected chi connectivity index (χ0v) is 9.89. The van der Waals surface area contributed by atoms with Crippen molar-refractivity contribution in [3.05, 3.63) is 28.8 Å². The first-order valence-electron chi connectivity index (χ1n) is 5.58. The maximum Gasteiger partial charge on any atom is 0.280 e. The van der Waals surface area contributed by atoms with Gasteiger partial charge in [-0.2, -0.15) is 4.98 Å². The van der Waals surface area contributed by atoms with Gasteiger partial charge in [0.25, 0.3) is 5.56 Å². The minimum atomic E-state index is -1.51. The van der Waals surface area contributed by atoms with Gasteiger partial charge in [0.15, 0.2) is 16.9 Å². The van der Waals surface area contributed by atoms with E-state index in [0.29, 0.717) is 0 Å². The van der Waals surface area contributed by atoms with Crippen molar-refractivity contribution in [1.82, 2.24) is 19.5 Å². The number of hydrogen-bond acceptors (Lipinski definition) is 7. The van der Waals surface area contributed by atoms with Crippen molar-refractivity contribution < 1.29 is 19.3 Å². The summed E-state index contributed by atoms with van der Waals surface area (Å²) in [6, 6.07) is 0. The normalized spacial score (nSPS) is 28.1. The maximum absolute atomic E-state index is 12.5. The zero-order valence-electron chi connectivity index (χ0n) is 9.89. The van der Waals surface area contributed by atoms with Crippen LogP contribution in [0.4, 0.5) is 10.3 Å². The van der Waals surface area contributed by atoms with Crippen molar-refractivity contribution >= 4 is 17.1 Å². The standard InChI is InChI=1S/C10H10FN5O4/c11-1-3-5(17)6(18)9(20-3)16-2-13-4-7(16)14-10(12)15-8(4)19/h1-2,5-6,9,17-18H,(H3,12,14,15,19)/b3-1+/t5?,6?,9-/m1/s1. The monoisotopic (exact) mass is 283 g/mol. The number of nitrogens with zero attached hydrogens (tertiary/aromatic N) is 3. The molecule has 0 amide bonds. The Hall–Kier alpha value is -2.46. The van der Waals surface area contributed by atoms with Gasteiger partial charge in [-0.05, 0) is 0 Å². The Morgan fingerprint density at radius 1 is 1.55 bits per heavy atom. The van der Waals surface area contributed by atoms with Gasteiger partial charge in [-0.3, -0.25) is 14.3 Å². The Morgan fingerprint density at radius 2 is 2.30 bits per heavy atom. The lowest BCUT2D eigenvalue weighted by Gasteiger charge is -2.15. The molecular weight excluding hydrogens is 273 g/mol. The van der Waals surface area contributed by atoms with Gasteiger partial charge in [0.05, 0.1) is 0 Å². The van der Waals surface area contributed by atoms with E-state index >= 15 is 0 Å². The van der Waals surface area contributed by atoms with Crippen molar-refractivity contribution in [1.29, 1.82) is 0 Å². The van der Waals surface area contributed by atoms with Gasteiger partial charge in [-0.15, -0.1) is 0 Å². The molecule has 1 saturated heterocycles. The van der Waals surface area contributed by atoms with E-state index in [0.717, 1.165) is 0 Å². The molecule has 1 aliphatic heterocycles. The Bertz CT molecular complexity index is 754. The van der Waals surface area contributed by atoms with Gasteiger partial charge in [-0.25, -0.2) is 9.37 Å². The SMILES string of the molecule is Nc1nc2c(ncn2[C@@H]2O/C(=C/F)C(O)C2O)c(=O)[nH]1. The number of nitrogens with one attached hydrogen (secondary N) is 1. The van der Waals surface area contributed by atoms with Crippen LogP contribution in [0, 0.1) is 0 Å². The number of anilines is 1. The third-order valence-corrected chi connectivity index (χ3v) is 3.00. The molecular formula is C10H10FN5O4. The van der Waals surface area contributed by atoms with Crippen LogP contribution in [-0.2, 0) is 4.74 Å². The fourth-order valence-corrected chi connectivity index (χ4v) is 2.04. The molecule has 1 aliphatic rings. The molecule has 2 unspecified atom stereocenters. The fourth-order valence-electron chi connectivity index (χ4n) is 2.04. The number of aromatic amines is 1. The topological polar surface area (TPSA) is 139 Å². The van der Waals surface area contributed by atoms with E-state index in [1.807, 2.05) is 0 Å². The largest absolute Gasteiger partial charge is 0.466 e. The third kappa shape index (κ3) is 1.66. The number of fused-ring (bicyclic) bond motifs is 1. The summed E-state index contributed by atoms with van der Waals surface area (Å²) in [5, 5.41) is 19.4. The number of aliphatic hydroxyl groups is 2. The molecule has 5 N–H and O–H groups in total. The van der Waals surface area contributed by atoms with Crippen LogP contribution < -0.4 is 11.3 Å². The van der Waals surface area contributed by atoms with Gasteiger partial charge in [0.1, 0.15) is 24.9 Å². The molecule has 0 radical (unpaired) electrons. The zero-order chi connectivity index (χ0) is 14.4. The van der Waals surface area contributed by atoms with Crippen LogP contribution in [0.1, 0.15) is 6.23 Å². The number of hydrogen-bond donors (Lipinski definition) is 4. The minimum Gasteiger partial charge on any atom is -0.466 e. The molecule has 3 rings (SSSR count). The number of imidazole rings is 1. The van der Waals surface area contributed by atoms with Gasteiger partial charge >= 0.3 is 0 Å². The molecule has 20 heavy (non-hydrogen) atoms. The molecule has 10 heteroatoms. The summed E-state index contributed by atoms with van der Waals surface area (Å²) in [4.78, 5) is 21.6. The molecule has 0 aromatic carbocycles. The molecule has 0 aliphatic carbocycles. The second-order valence-corrected chi connectivity index (χ2v) is 4.23. The maximum atomic E-state index is 12.5. The number of ether oxygens (including phenoxy) is 1. The summed E-state index contributed by atoms with van der Waals surface area (Å²) in [7, 11) is 0. The van der Waals surface area contributed by atoms with Crippen LogP contribution in [0.5, 0.6) is 0 Å². The molecule has 0 bridgehead atoms. The van der Waals surface area contributed by atoms with E-state index in [1.165, 1.54) is 10.9 Å². The number of aliphatic hydroxyl groups excluding tert-OH is 2. The van der Waals surface area contributed by atoms with E-state index in [-0.39, 0.29) is 23.4 Å². The highest BCUT2D eigenvalue weighted by molar-refractivity contribution is 5.70. The predicted octanol–water partition coefficient (Wildman–Crippen LogP) is -1.24. The van der Waals surface area contributed by atoms with E-state index in [2.05, 4.69) is 15.0 Å². The van der Waals surface area contributed by atoms with Gasteiger partial charge in [0, 0.05) is 0 Å². The van der Waals surface area contributed by atoms with Crippen molar-refractivity contribution in [3.63, 3.8) is 0 Å². The second kappa shape index (κ2) is 4.28. The van der Waals surface area contributed by atoms with Gasteiger partial charge < -0.3 is 20.7 Å². The highest BCUT2D eigenvalue weighted by Gasteiger charge is 2.41. The van der Waals surface area contributed by atoms with Crippen molar-refractivity contribution in [2.24, 2.45) is 0 Å². The Kier molecular flexibility index (Phi) is 2.69. The molecule has 9 nitrogen and oxygen atoms in total. The van der Waals surface area contributed by atoms with Crippen LogP contribution in [0.25, 0.3) is 11.2 Å². The summed E-state index contributed by atoms with van der Waals surface area (Å²) in [5.41, 5.74) is 4.93. The lowest BCUT2D eigenvalue weighted by Crippen LogP contribution is -2.28. The number of H-pyrrole nitrogens is 1. The molecule has 0 spiro atoms. The number of rotatable bonds is 1. The second-order valence-electron chi connectivity index (χ2n) is 4.23. The predicted molar refractivity (Wildman–Crippen MR) is 63.9 cm³/mol. The summed E-state index contributed by atoms with van der Waals surface area (Å²) >= 11 is 0. The molecule has 2 aromatic heterocycles. The average molecular weight is 283 g/mol. The third-order valence-electron chi connectivity index (χ3n) is 3.00. The van der Waals surface area contributed by atoms with Crippen LogP contribution in [0.3, 0.4) is 0 Å². The molecule has 3 heterocycles. The Morgan fingerprint density at radius 3 is 2.95 bits per heavy atom. The number of aromatic nitrogens is 4. The Balaban J connectivity index is 2.14. The first-order valence-corrected chi connectivity index (χ1v) is 5.58. The number of nitrogens with two attached hydrogens (primary N) is 1. The van der Waals surface area contributed by atoms with Crippen LogP contribution in [0.2, 0.25) is 0 Å². The lowest BCUT2D eigenvalue weighted by atomic mass is 10.2. The van der Waals surface area contributed by atoms with E-state index < -0.39 is 29.8 Å². The van der Waals surface area contributed by atoms with Crippen molar-refractivity contribution in [2.45, 2.75) is 18.4 Å². The van der Waals surface area contributed by atoms with E-state index in [4.69, 9.17) is 10.5 Å². The fraction of sp³-hybridized carbons (Fsp3) is 0.300. The molecule has 1 fully saturated rings. The molecule has 106 valence electrons. The quantitative estimate of drug-likeness (QED) is 0.513. The van der Waals surface area contributed by atoms with E-state index in [9.17, 15) is 19.4 Å². The van der Waals surface area contributed by atoms with Crippen molar-refractivity contribution in [3.8, 4) is 0 Å². The van der Waals surface area contributed by atoms with Crippen molar-refractivity contribution in [2.75, 3.05) is 5.73 Å². The first kappa shape index (κ1) is 12.6. The molecule has 2 aromatic rings. The average Bonchev–Trinajstić information content (AvgIpc) is 2.93. The molecule has 0 saturated carbocycles. The number of nitrogen functional groups attached to an aromatic ring is 1.